The Bertz CT molecular complexity index is 1170. The molecule has 0 aliphatic carbocycles. The molecule has 0 saturated carbocycles. The van der Waals surface area contributed by atoms with Crippen LogP contribution in [0, 0.1) is 5.82 Å². The molecule has 2 atom stereocenters. The SMILES string of the molecule is C[C@@H]1CN(CC(=O)N2CC(C)(C)c3ncc(Cc4ccc(F)cc4)cc32)[C@@H](CN2CCOCCC2=O)CN1. The van der Waals surface area contributed by atoms with Crippen LogP contribution in [0.15, 0.2) is 36.5 Å². The predicted octanol–water partition coefficient (Wildman–Crippen LogP) is 2.35. The molecule has 1 aromatic heterocycles. The molecule has 0 unspecified atom stereocenters. The molecule has 4 heterocycles. The molecule has 5 rings (SSSR count). The van der Waals surface area contributed by atoms with Gasteiger partial charge < -0.3 is 19.9 Å². The van der Waals surface area contributed by atoms with E-state index < -0.39 is 0 Å². The van der Waals surface area contributed by atoms with E-state index in [-0.39, 0.29) is 41.7 Å². The molecule has 1 aromatic carbocycles. The Labute approximate surface area is 224 Å². The van der Waals surface area contributed by atoms with Crippen LogP contribution in [0.4, 0.5) is 10.1 Å². The van der Waals surface area contributed by atoms with Crippen molar-refractivity contribution < 1.29 is 18.7 Å². The van der Waals surface area contributed by atoms with Gasteiger partial charge in [-0.15, -0.1) is 0 Å². The zero-order valence-electron chi connectivity index (χ0n) is 22.6. The Morgan fingerprint density at radius 2 is 2.00 bits per heavy atom. The fourth-order valence-corrected chi connectivity index (χ4v) is 5.77. The fraction of sp³-hybridized carbons (Fsp3) is 0.552. The van der Waals surface area contributed by atoms with Gasteiger partial charge in [-0.3, -0.25) is 19.5 Å². The number of hydrogen-bond acceptors (Lipinski definition) is 6. The number of hydrogen-bond donors (Lipinski definition) is 1. The standard InChI is InChI=1S/C29H38FN5O3/c1-20-16-34(24(15-31-20)17-33-9-11-38-10-8-26(33)36)18-27(37)35-19-29(2,3)28-25(35)13-22(14-32-28)12-21-4-6-23(30)7-5-21/h4-7,13-14,20,24,31H,8-12,15-19H2,1-3H3/t20-,24-/m1/s1. The third-order valence-corrected chi connectivity index (χ3v) is 7.85. The van der Waals surface area contributed by atoms with Crippen molar-refractivity contribution >= 4 is 17.5 Å². The van der Waals surface area contributed by atoms with Crippen molar-refractivity contribution in [3.63, 3.8) is 0 Å². The number of carbonyl (C=O) groups excluding carboxylic acids is 2. The van der Waals surface area contributed by atoms with Crippen LogP contribution in [0.5, 0.6) is 0 Å². The summed E-state index contributed by atoms with van der Waals surface area (Å²) >= 11 is 0. The minimum Gasteiger partial charge on any atom is -0.379 e. The van der Waals surface area contributed by atoms with Crippen LogP contribution in [-0.4, -0.2) is 91.2 Å². The van der Waals surface area contributed by atoms with Gasteiger partial charge in [0.25, 0.3) is 0 Å². The van der Waals surface area contributed by atoms with Crippen LogP contribution in [0.3, 0.4) is 0 Å². The molecular formula is C29H38FN5O3. The van der Waals surface area contributed by atoms with Gasteiger partial charge >= 0.3 is 0 Å². The first-order valence-electron chi connectivity index (χ1n) is 13.6. The van der Waals surface area contributed by atoms with E-state index in [9.17, 15) is 14.0 Å². The van der Waals surface area contributed by atoms with Crippen LogP contribution >= 0.6 is 0 Å². The highest BCUT2D eigenvalue weighted by molar-refractivity contribution is 5.97. The van der Waals surface area contributed by atoms with Crippen LogP contribution in [0.25, 0.3) is 0 Å². The lowest BCUT2D eigenvalue weighted by Gasteiger charge is -2.41. The molecule has 8 nitrogen and oxygen atoms in total. The smallest absolute Gasteiger partial charge is 0.241 e. The Morgan fingerprint density at radius 1 is 1.21 bits per heavy atom. The summed E-state index contributed by atoms with van der Waals surface area (Å²) in [6.07, 6.45) is 2.89. The maximum absolute atomic E-state index is 13.8. The number of nitrogens with one attached hydrogen (secondary N) is 1. The van der Waals surface area contributed by atoms with Gasteiger partial charge in [0.05, 0.1) is 37.6 Å². The van der Waals surface area contributed by atoms with E-state index in [2.05, 4.69) is 37.1 Å². The van der Waals surface area contributed by atoms with Crippen molar-refractivity contribution in [1.82, 2.24) is 20.1 Å². The van der Waals surface area contributed by atoms with Crippen molar-refractivity contribution in [2.45, 2.75) is 51.1 Å². The number of rotatable bonds is 6. The van der Waals surface area contributed by atoms with Gasteiger partial charge in [0.15, 0.2) is 0 Å². The molecule has 0 bridgehead atoms. The van der Waals surface area contributed by atoms with E-state index in [1.807, 2.05) is 16.0 Å². The van der Waals surface area contributed by atoms with Gasteiger partial charge in [0.2, 0.25) is 11.8 Å². The van der Waals surface area contributed by atoms with E-state index in [4.69, 9.17) is 9.72 Å². The number of piperazine rings is 1. The second kappa shape index (κ2) is 11.1. The molecule has 0 radical (unpaired) electrons. The van der Waals surface area contributed by atoms with Gasteiger partial charge in [-0.25, -0.2) is 4.39 Å². The zero-order chi connectivity index (χ0) is 26.9. The first kappa shape index (κ1) is 26.7. The number of benzene rings is 1. The van der Waals surface area contributed by atoms with Crippen molar-refractivity contribution in [3.05, 3.63) is 59.2 Å². The number of carbonyl (C=O) groups is 2. The lowest BCUT2D eigenvalue weighted by Crippen LogP contribution is -2.61. The molecule has 2 aromatic rings. The monoisotopic (exact) mass is 523 g/mol. The molecule has 0 spiro atoms. The molecule has 38 heavy (non-hydrogen) atoms. The van der Waals surface area contributed by atoms with Gasteiger partial charge in [0.1, 0.15) is 5.82 Å². The first-order chi connectivity index (χ1) is 18.2. The minimum absolute atomic E-state index is 0.0437. The van der Waals surface area contributed by atoms with Gasteiger partial charge in [0, 0.05) is 56.4 Å². The highest BCUT2D eigenvalue weighted by Crippen LogP contribution is 2.39. The Hall–Kier alpha value is -2.88. The normalized spacial score (nSPS) is 23.8. The summed E-state index contributed by atoms with van der Waals surface area (Å²) < 4.78 is 18.8. The Kier molecular flexibility index (Phi) is 7.79. The average molecular weight is 524 g/mol. The summed E-state index contributed by atoms with van der Waals surface area (Å²) in [7, 11) is 0. The second-order valence-corrected chi connectivity index (χ2v) is 11.5. The van der Waals surface area contributed by atoms with Gasteiger partial charge in [-0.1, -0.05) is 26.0 Å². The molecule has 204 valence electrons. The number of pyridine rings is 1. The van der Waals surface area contributed by atoms with Crippen LogP contribution < -0.4 is 10.2 Å². The predicted molar refractivity (Wildman–Crippen MR) is 144 cm³/mol. The molecule has 2 amide bonds. The summed E-state index contributed by atoms with van der Waals surface area (Å²) in [5.41, 5.74) is 3.51. The fourth-order valence-electron chi connectivity index (χ4n) is 5.77. The highest BCUT2D eigenvalue weighted by atomic mass is 19.1. The molecule has 2 fully saturated rings. The maximum Gasteiger partial charge on any atom is 0.241 e. The largest absolute Gasteiger partial charge is 0.379 e. The van der Waals surface area contributed by atoms with Gasteiger partial charge in [-0.05, 0) is 42.7 Å². The number of fused-ring (bicyclic) bond motifs is 1. The molecule has 2 saturated heterocycles. The molecule has 3 aliphatic heterocycles. The quantitative estimate of drug-likeness (QED) is 0.627. The van der Waals surface area contributed by atoms with E-state index >= 15 is 0 Å². The third-order valence-electron chi connectivity index (χ3n) is 7.85. The van der Waals surface area contributed by atoms with E-state index in [0.29, 0.717) is 45.7 Å². The number of ether oxygens (including phenoxy) is 1. The first-order valence-corrected chi connectivity index (χ1v) is 13.6. The van der Waals surface area contributed by atoms with Crippen molar-refractivity contribution in [1.29, 1.82) is 0 Å². The van der Waals surface area contributed by atoms with Crippen molar-refractivity contribution in [3.8, 4) is 0 Å². The highest BCUT2D eigenvalue weighted by Gasteiger charge is 2.41. The summed E-state index contributed by atoms with van der Waals surface area (Å²) in [5.74, 6) is -0.0991. The van der Waals surface area contributed by atoms with Crippen LogP contribution in [0.1, 0.15) is 44.0 Å². The topological polar surface area (TPSA) is 78.0 Å². The lowest BCUT2D eigenvalue weighted by molar-refractivity contribution is -0.131. The lowest BCUT2D eigenvalue weighted by atomic mass is 9.91. The van der Waals surface area contributed by atoms with E-state index in [1.54, 1.807) is 12.1 Å². The third kappa shape index (κ3) is 5.90. The zero-order valence-corrected chi connectivity index (χ0v) is 22.6. The molecular weight excluding hydrogens is 485 g/mol. The maximum atomic E-state index is 13.8. The summed E-state index contributed by atoms with van der Waals surface area (Å²) in [6, 6.07) is 8.86. The molecule has 9 heteroatoms. The van der Waals surface area contributed by atoms with Crippen LogP contribution in [-0.2, 0) is 26.2 Å². The second-order valence-electron chi connectivity index (χ2n) is 11.5. The number of anilines is 1. The van der Waals surface area contributed by atoms with Crippen molar-refractivity contribution in [2.24, 2.45) is 0 Å². The number of nitrogens with zero attached hydrogens (tertiary/aromatic N) is 4. The van der Waals surface area contributed by atoms with Crippen LogP contribution in [0.2, 0.25) is 0 Å². The number of amides is 2. The number of aromatic nitrogens is 1. The molecule has 1 N–H and O–H groups in total. The van der Waals surface area contributed by atoms with E-state index in [0.717, 1.165) is 35.6 Å². The van der Waals surface area contributed by atoms with E-state index in [1.165, 1.54) is 12.1 Å². The summed E-state index contributed by atoms with van der Waals surface area (Å²) in [5, 5.41) is 3.52. The summed E-state index contributed by atoms with van der Waals surface area (Å²) in [4.78, 5) is 37.2. The van der Waals surface area contributed by atoms with Gasteiger partial charge in [-0.2, -0.15) is 0 Å². The minimum atomic E-state index is -0.256. The van der Waals surface area contributed by atoms with Crippen molar-refractivity contribution in [2.75, 3.05) is 57.4 Å². The molecule has 3 aliphatic rings. The number of halogens is 1. The average Bonchev–Trinajstić information content (AvgIpc) is 3.00. The Morgan fingerprint density at radius 3 is 2.79 bits per heavy atom. The summed E-state index contributed by atoms with van der Waals surface area (Å²) in [6.45, 7) is 10.9. The Balaban J connectivity index is 1.33.